The molecule has 1 aliphatic rings. The molecule has 3 rings (SSSR count). The third kappa shape index (κ3) is 3.85. The van der Waals surface area contributed by atoms with E-state index in [9.17, 15) is 31.1 Å². The number of carbonyl (C=O) groups is 1. The summed E-state index contributed by atoms with van der Waals surface area (Å²) >= 11 is 0. The minimum Gasteiger partial charge on any atom is -0.333 e. The largest absolute Gasteiger partial charge is 0.433 e. The second kappa shape index (κ2) is 6.92. The first-order chi connectivity index (χ1) is 13.0. The number of aromatic nitrogens is 2. The summed E-state index contributed by atoms with van der Waals surface area (Å²) in [7, 11) is 0. The summed E-state index contributed by atoms with van der Waals surface area (Å²) in [5.41, 5.74) is -2.17. The van der Waals surface area contributed by atoms with Crippen LogP contribution in [0, 0.1) is 0 Å². The zero-order chi connectivity index (χ0) is 20.7. The van der Waals surface area contributed by atoms with E-state index in [4.69, 9.17) is 0 Å². The lowest BCUT2D eigenvalue weighted by Crippen LogP contribution is -2.36. The molecule has 10 heteroatoms. The van der Waals surface area contributed by atoms with Gasteiger partial charge in [-0.25, -0.2) is 9.97 Å². The molecule has 0 N–H and O–H groups in total. The fourth-order valence-corrected chi connectivity index (χ4v) is 2.92. The highest BCUT2D eigenvalue weighted by Crippen LogP contribution is 2.36. The van der Waals surface area contributed by atoms with Gasteiger partial charge in [-0.1, -0.05) is 18.7 Å². The van der Waals surface area contributed by atoms with E-state index in [2.05, 4.69) is 16.5 Å². The van der Waals surface area contributed by atoms with E-state index in [1.807, 2.05) is 0 Å². The number of carbonyl (C=O) groups excluding carboxylic acids is 1. The first kappa shape index (κ1) is 19.8. The van der Waals surface area contributed by atoms with Gasteiger partial charge in [-0.05, 0) is 24.6 Å². The molecule has 0 bridgehead atoms. The highest BCUT2D eigenvalue weighted by Gasteiger charge is 2.39. The zero-order valence-corrected chi connectivity index (χ0v) is 14.2. The van der Waals surface area contributed by atoms with Crippen LogP contribution in [-0.4, -0.2) is 27.3 Å². The van der Waals surface area contributed by atoms with E-state index >= 15 is 0 Å². The molecule has 4 nitrogen and oxygen atoms in total. The summed E-state index contributed by atoms with van der Waals surface area (Å²) in [4.78, 5) is 20.7. The van der Waals surface area contributed by atoms with E-state index in [1.165, 1.54) is 4.90 Å². The van der Waals surface area contributed by atoms with Crippen LogP contribution in [0.4, 0.5) is 26.3 Å². The molecule has 0 fully saturated rings. The Hall–Kier alpha value is -2.91. The molecule has 0 unspecified atom stereocenters. The van der Waals surface area contributed by atoms with E-state index in [0.29, 0.717) is 0 Å². The molecule has 1 amide bonds. The van der Waals surface area contributed by atoms with Gasteiger partial charge in [0, 0.05) is 17.7 Å². The molecule has 1 aromatic heterocycles. The third-order valence-corrected chi connectivity index (χ3v) is 4.29. The van der Waals surface area contributed by atoms with Crippen molar-refractivity contribution in [3.05, 3.63) is 59.4 Å². The van der Waals surface area contributed by atoms with E-state index in [0.717, 1.165) is 30.3 Å². The Bertz CT molecular complexity index is 919. The highest BCUT2D eigenvalue weighted by atomic mass is 19.4. The normalized spacial score (nSPS) is 14.6. The molecule has 1 aliphatic heterocycles. The molecule has 0 saturated heterocycles. The molecule has 0 atom stereocenters. The number of alkyl halides is 6. The van der Waals surface area contributed by atoms with Crippen molar-refractivity contribution in [2.75, 3.05) is 6.54 Å². The fourth-order valence-electron chi connectivity index (χ4n) is 2.92. The van der Waals surface area contributed by atoms with E-state index in [1.54, 1.807) is 0 Å². The predicted octanol–water partition coefficient (Wildman–Crippen LogP) is 4.25. The Morgan fingerprint density at radius 2 is 1.68 bits per heavy atom. The van der Waals surface area contributed by atoms with Crippen molar-refractivity contribution in [2.45, 2.75) is 25.3 Å². The Labute approximate surface area is 155 Å². The first-order valence-corrected chi connectivity index (χ1v) is 8.06. The number of hydrogen-bond donors (Lipinski definition) is 0. The van der Waals surface area contributed by atoms with Gasteiger partial charge >= 0.3 is 12.4 Å². The van der Waals surface area contributed by atoms with Gasteiger partial charge in [0.05, 0.1) is 17.8 Å². The van der Waals surface area contributed by atoms with Gasteiger partial charge in [-0.2, -0.15) is 26.3 Å². The standard InChI is InChI=1S/C18H13F6N3O/c1-2-14(28)27-8-7-12-13(9-27)25-16(26-15(12)18(22,23)24)10-3-5-11(6-4-10)17(19,20)21/h2-6H,1,7-9H2. The van der Waals surface area contributed by atoms with Crippen LogP contribution in [0.15, 0.2) is 36.9 Å². The molecule has 0 spiro atoms. The van der Waals surface area contributed by atoms with Crippen molar-refractivity contribution < 1.29 is 31.1 Å². The highest BCUT2D eigenvalue weighted by molar-refractivity contribution is 5.87. The van der Waals surface area contributed by atoms with Crippen molar-refractivity contribution in [2.24, 2.45) is 0 Å². The topological polar surface area (TPSA) is 46.1 Å². The van der Waals surface area contributed by atoms with Crippen molar-refractivity contribution in [3.8, 4) is 11.4 Å². The summed E-state index contributed by atoms with van der Waals surface area (Å²) in [5, 5.41) is 0. The van der Waals surface area contributed by atoms with Gasteiger partial charge in [0.1, 0.15) is 0 Å². The second-order valence-corrected chi connectivity index (χ2v) is 6.11. The molecular weight excluding hydrogens is 388 g/mol. The van der Waals surface area contributed by atoms with Crippen LogP contribution in [0.1, 0.15) is 22.5 Å². The maximum atomic E-state index is 13.5. The first-order valence-electron chi connectivity index (χ1n) is 8.06. The van der Waals surface area contributed by atoms with Crippen LogP contribution in [0.2, 0.25) is 0 Å². The van der Waals surface area contributed by atoms with Crippen LogP contribution in [0.25, 0.3) is 11.4 Å². The molecule has 2 heterocycles. The minimum atomic E-state index is -4.77. The number of benzene rings is 1. The van der Waals surface area contributed by atoms with Crippen molar-refractivity contribution in [1.82, 2.24) is 14.9 Å². The average molecular weight is 401 g/mol. The van der Waals surface area contributed by atoms with Gasteiger partial charge in [0.2, 0.25) is 5.91 Å². The number of rotatable bonds is 2. The van der Waals surface area contributed by atoms with Crippen molar-refractivity contribution >= 4 is 5.91 Å². The van der Waals surface area contributed by atoms with E-state index < -0.39 is 29.5 Å². The summed E-state index contributed by atoms with van der Waals surface area (Å²) in [6.07, 6.45) is -8.37. The minimum absolute atomic E-state index is 0.00784. The molecule has 0 saturated carbocycles. The quantitative estimate of drug-likeness (QED) is 0.558. The van der Waals surface area contributed by atoms with Gasteiger partial charge in [-0.3, -0.25) is 4.79 Å². The lowest BCUT2D eigenvalue weighted by atomic mass is 10.0. The van der Waals surface area contributed by atoms with Gasteiger partial charge in [0.25, 0.3) is 0 Å². The molecule has 0 aliphatic carbocycles. The molecule has 28 heavy (non-hydrogen) atoms. The number of halogens is 6. The number of fused-ring (bicyclic) bond motifs is 1. The summed E-state index contributed by atoms with van der Waals surface area (Å²) < 4.78 is 78.5. The molecule has 2 aromatic rings. The lowest BCUT2D eigenvalue weighted by molar-refractivity contribution is -0.142. The smallest absolute Gasteiger partial charge is 0.333 e. The van der Waals surface area contributed by atoms with E-state index in [-0.39, 0.29) is 42.2 Å². The molecular formula is C18H13F6N3O. The summed E-state index contributed by atoms with van der Waals surface area (Å²) in [6.45, 7) is 3.24. The zero-order valence-electron chi connectivity index (χ0n) is 14.2. The number of nitrogens with zero attached hydrogens (tertiary/aromatic N) is 3. The third-order valence-electron chi connectivity index (χ3n) is 4.29. The maximum absolute atomic E-state index is 13.5. The van der Waals surface area contributed by atoms with Gasteiger partial charge < -0.3 is 4.90 Å². The second-order valence-electron chi connectivity index (χ2n) is 6.11. The molecule has 0 radical (unpaired) electrons. The Morgan fingerprint density at radius 3 is 2.21 bits per heavy atom. The van der Waals surface area contributed by atoms with Gasteiger partial charge in [0.15, 0.2) is 11.5 Å². The lowest BCUT2D eigenvalue weighted by Gasteiger charge is -2.29. The fraction of sp³-hybridized carbons (Fsp3) is 0.278. The van der Waals surface area contributed by atoms with Crippen molar-refractivity contribution in [1.29, 1.82) is 0 Å². The number of hydrogen-bond acceptors (Lipinski definition) is 3. The Kier molecular flexibility index (Phi) is 4.90. The van der Waals surface area contributed by atoms with Gasteiger partial charge in [-0.15, -0.1) is 0 Å². The van der Waals surface area contributed by atoms with Crippen LogP contribution in [0.3, 0.4) is 0 Å². The van der Waals surface area contributed by atoms with Crippen LogP contribution < -0.4 is 0 Å². The monoisotopic (exact) mass is 401 g/mol. The summed E-state index contributed by atoms with van der Waals surface area (Å²) in [6, 6.07) is 3.53. The SMILES string of the molecule is C=CC(=O)N1CCc2c(nc(-c3ccc(C(F)(F)F)cc3)nc2C(F)(F)F)C1. The van der Waals surface area contributed by atoms with Crippen LogP contribution in [0.5, 0.6) is 0 Å². The average Bonchev–Trinajstić information content (AvgIpc) is 2.64. The molecule has 148 valence electrons. The Morgan fingerprint density at radius 1 is 1.04 bits per heavy atom. The Balaban J connectivity index is 2.08. The predicted molar refractivity (Wildman–Crippen MR) is 86.8 cm³/mol. The van der Waals surface area contributed by atoms with Crippen molar-refractivity contribution in [3.63, 3.8) is 0 Å². The number of amides is 1. The maximum Gasteiger partial charge on any atom is 0.433 e. The summed E-state index contributed by atoms with van der Waals surface area (Å²) in [5.74, 6) is -0.804. The molecule has 1 aromatic carbocycles. The van der Waals surface area contributed by atoms with Crippen LogP contribution in [-0.2, 0) is 30.1 Å². The van der Waals surface area contributed by atoms with Crippen LogP contribution >= 0.6 is 0 Å².